The maximum absolute atomic E-state index is 13.1. The van der Waals surface area contributed by atoms with E-state index in [1.54, 1.807) is 35.7 Å². The second-order valence-electron chi connectivity index (χ2n) is 7.17. The van der Waals surface area contributed by atoms with Gasteiger partial charge in [-0.2, -0.15) is 4.31 Å². The largest absolute Gasteiger partial charge is 0.497 e. The van der Waals surface area contributed by atoms with Gasteiger partial charge in [0.15, 0.2) is 0 Å². The van der Waals surface area contributed by atoms with Gasteiger partial charge in [0.2, 0.25) is 10.0 Å². The number of likely N-dealkylation sites (N-methyl/N-ethyl adjacent to an activating group) is 1. The summed E-state index contributed by atoms with van der Waals surface area (Å²) in [6.07, 6.45) is 0. The fourth-order valence-corrected chi connectivity index (χ4v) is 5.48. The summed E-state index contributed by atoms with van der Waals surface area (Å²) in [7, 11) is 0.154. The Hall–Kier alpha value is -2.09. The molecule has 4 rings (SSSR count). The van der Waals surface area contributed by atoms with Crippen molar-refractivity contribution in [3.63, 3.8) is 0 Å². The minimum absolute atomic E-state index is 0.171. The van der Waals surface area contributed by atoms with Gasteiger partial charge < -0.3 is 9.64 Å². The number of benzene rings is 2. The van der Waals surface area contributed by atoms with Crippen LogP contribution in [0.2, 0.25) is 0 Å². The van der Waals surface area contributed by atoms with Gasteiger partial charge in [-0.1, -0.05) is 18.2 Å². The molecule has 6 nitrogen and oxygen atoms in total. The Morgan fingerprint density at radius 1 is 1.00 bits per heavy atom. The van der Waals surface area contributed by atoms with E-state index in [2.05, 4.69) is 41.1 Å². The minimum atomic E-state index is -3.50. The predicted octanol–water partition coefficient (Wildman–Crippen LogP) is 2.02. The fraction of sp³-hybridized carbons (Fsp3) is 0.400. The summed E-state index contributed by atoms with van der Waals surface area (Å²) in [5.74, 6) is 0.655. The highest BCUT2D eigenvalue weighted by Gasteiger charge is 2.36. The molecule has 144 valence electrons. The second kappa shape index (κ2) is 7.14. The zero-order valence-electron chi connectivity index (χ0n) is 15.7. The molecule has 7 heteroatoms. The van der Waals surface area contributed by atoms with Crippen LogP contribution in [0, 0.1) is 0 Å². The summed E-state index contributed by atoms with van der Waals surface area (Å²) in [6, 6.07) is 15.2. The number of fused-ring (bicyclic) bond motifs is 2. The van der Waals surface area contributed by atoms with Crippen molar-refractivity contribution in [3.05, 3.63) is 54.1 Å². The van der Waals surface area contributed by atoms with Crippen molar-refractivity contribution in [3.8, 4) is 5.75 Å². The Balaban J connectivity index is 1.55. The molecule has 0 radical (unpaired) electrons. The summed E-state index contributed by atoms with van der Waals surface area (Å²) in [5.41, 5.74) is 2.53. The zero-order valence-corrected chi connectivity index (χ0v) is 16.5. The first kappa shape index (κ1) is 18.3. The van der Waals surface area contributed by atoms with Gasteiger partial charge in [-0.25, -0.2) is 8.42 Å². The van der Waals surface area contributed by atoms with Crippen molar-refractivity contribution < 1.29 is 13.2 Å². The van der Waals surface area contributed by atoms with Crippen LogP contribution < -0.4 is 9.64 Å². The smallest absolute Gasteiger partial charge is 0.243 e. The minimum Gasteiger partial charge on any atom is -0.497 e. The highest BCUT2D eigenvalue weighted by Crippen LogP contribution is 2.29. The number of methoxy groups -OCH3 is 1. The van der Waals surface area contributed by atoms with Crippen LogP contribution in [-0.4, -0.2) is 64.0 Å². The van der Waals surface area contributed by atoms with E-state index in [1.165, 1.54) is 11.3 Å². The maximum Gasteiger partial charge on any atom is 0.243 e. The molecule has 0 amide bonds. The van der Waals surface area contributed by atoms with Crippen molar-refractivity contribution >= 4 is 15.7 Å². The highest BCUT2D eigenvalue weighted by molar-refractivity contribution is 7.89. The lowest BCUT2D eigenvalue weighted by Gasteiger charge is -2.40. The molecule has 0 bridgehead atoms. The Kier molecular flexibility index (Phi) is 4.84. The van der Waals surface area contributed by atoms with Crippen LogP contribution >= 0.6 is 0 Å². The van der Waals surface area contributed by atoms with Crippen molar-refractivity contribution in [2.45, 2.75) is 17.5 Å². The average molecular weight is 388 g/mol. The lowest BCUT2D eigenvalue weighted by Crippen LogP contribution is -2.56. The Bertz CT molecular complexity index is 914. The number of rotatable bonds is 3. The summed E-state index contributed by atoms with van der Waals surface area (Å²) in [5, 5.41) is 0. The third-order valence-corrected chi connectivity index (χ3v) is 7.40. The molecule has 0 spiro atoms. The number of anilines is 1. The molecular formula is C20H25N3O3S. The monoisotopic (exact) mass is 387 g/mol. The van der Waals surface area contributed by atoms with Gasteiger partial charge in [0.25, 0.3) is 0 Å². The number of piperazine rings is 1. The van der Waals surface area contributed by atoms with Crippen molar-refractivity contribution in [1.29, 1.82) is 0 Å². The third-order valence-electron chi connectivity index (χ3n) is 5.53. The third kappa shape index (κ3) is 3.42. The van der Waals surface area contributed by atoms with Crippen LogP contribution in [0.1, 0.15) is 5.56 Å². The number of hydrogen-bond donors (Lipinski definition) is 0. The van der Waals surface area contributed by atoms with E-state index in [4.69, 9.17) is 4.74 Å². The molecule has 0 aromatic heterocycles. The molecule has 1 atom stereocenters. The van der Waals surface area contributed by atoms with E-state index in [1.807, 2.05) is 0 Å². The normalized spacial score (nSPS) is 21.3. The van der Waals surface area contributed by atoms with Crippen LogP contribution in [0.25, 0.3) is 0 Å². The molecule has 27 heavy (non-hydrogen) atoms. The first-order valence-corrected chi connectivity index (χ1v) is 10.6. The Morgan fingerprint density at radius 2 is 1.74 bits per heavy atom. The van der Waals surface area contributed by atoms with Gasteiger partial charge >= 0.3 is 0 Å². The maximum atomic E-state index is 13.1. The predicted molar refractivity (Wildman–Crippen MR) is 106 cm³/mol. The van der Waals surface area contributed by atoms with Crippen molar-refractivity contribution in [2.75, 3.05) is 45.2 Å². The first-order valence-electron chi connectivity index (χ1n) is 9.16. The van der Waals surface area contributed by atoms with Crippen LogP contribution in [-0.2, 0) is 16.6 Å². The second-order valence-corrected chi connectivity index (χ2v) is 9.11. The number of para-hydroxylation sites is 1. The average Bonchev–Trinajstić information content (AvgIpc) is 2.83. The van der Waals surface area contributed by atoms with Gasteiger partial charge in [-0.05, 0) is 35.9 Å². The quantitative estimate of drug-likeness (QED) is 0.807. The van der Waals surface area contributed by atoms with Crippen molar-refractivity contribution in [1.82, 2.24) is 9.21 Å². The van der Waals surface area contributed by atoms with E-state index in [0.29, 0.717) is 23.7 Å². The van der Waals surface area contributed by atoms with Crippen LogP contribution in [0.3, 0.4) is 0 Å². The Labute approximate surface area is 161 Å². The molecule has 0 aliphatic carbocycles. The van der Waals surface area contributed by atoms with Gasteiger partial charge in [-0.3, -0.25) is 4.90 Å². The molecular weight excluding hydrogens is 362 g/mol. The lowest BCUT2D eigenvalue weighted by molar-refractivity contribution is 0.118. The van der Waals surface area contributed by atoms with Crippen LogP contribution in [0.4, 0.5) is 5.69 Å². The molecule has 2 aliphatic heterocycles. The van der Waals surface area contributed by atoms with Crippen molar-refractivity contribution in [2.24, 2.45) is 0 Å². The molecule has 2 aromatic rings. The number of hydrogen-bond acceptors (Lipinski definition) is 5. The van der Waals surface area contributed by atoms with Gasteiger partial charge in [0.1, 0.15) is 5.75 Å². The molecule has 1 fully saturated rings. The van der Waals surface area contributed by atoms with Crippen LogP contribution in [0.15, 0.2) is 53.4 Å². The SMILES string of the molecule is COc1ccc(S(=O)(=O)N2CCN3Cc4ccccc4N(C)CC3C2)cc1. The summed E-state index contributed by atoms with van der Waals surface area (Å²) >= 11 is 0. The van der Waals surface area contributed by atoms with Gasteiger partial charge in [0, 0.05) is 51.5 Å². The number of nitrogens with zero attached hydrogens (tertiary/aromatic N) is 3. The molecule has 0 saturated carbocycles. The zero-order chi connectivity index (χ0) is 19.0. The molecule has 0 N–H and O–H groups in total. The molecule has 2 aliphatic rings. The van der Waals surface area contributed by atoms with E-state index >= 15 is 0 Å². The van der Waals surface area contributed by atoms with Gasteiger partial charge in [0.05, 0.1) is 12.0 Å². The summed E-state index contributed by atoms with van der Waals surface area (Å²) in [4.78, 5) is 4.97. The first-order chi connectivity index (χ1) is 13.0. The van der Waals surface area contributed by atoms with E-state index in [0.717, 1.165) is 19.6 Å². The van der Waals surface area contributed by atoms with Gasteiger partial charge in [-0.15, -0.1) is 0 Å². The molecule has 1 saturated heterocycles. The molecule has 1 unspecified atom stereocenters. The number of ether oxygens (including phenoxy) is 1. The summed E-state index contributed by atoms with van der Waals surface area (Å²) in [6.45, 7) is 3.43. The number of sulfonamides is 1. The Morgan fingerprint density at radius 3 is 2.48 bits per heavy atom. The fourth-order valence-electron chi connectivity index (χ4n) is 4.01. The van der Waals surface area contributed by atoms with Crippen LogP contribution in [0.5, 0.6) is 5.75 Å². The summed E-state index contributed by atoms with van der Waals surface area (Å²) < 4.78 is 33.0. The molecule has 2 aromatic carbocycles. The van der Waals surface area contributed by atoms with E-state index < -0.39 is 10.0 Å². The molecule has 2 heterocycles. The highest BCUT2D eigenvalue weighted by atomic mass is 32.2. The topological polar surface area (TPSA) is 53.1 Å². The lowest BCUT2D eigenvalue weighted by atomic mass is 10.1. The standard InChI is InChI=1S/C20H25N3O3S/c1-21-14-17-15-23(27(24,25)19-9-7-18(26-2)8-10-19)12-11-22(17)13-16-5-3-4-6-20(16)21/h3-10,17H,11-15H2,1-2H3. The van der Waals surface area contributed by atoms with E-state index in [-0.39, 0.29) is 6.04 Å². The van der Waals surface area contributed by atoms with E-state index in [9.17, 15) is 8.42 Å².